The molecule has 2 amide bonds. The van der Waals surface area contributed by atoms with E-state index in [9.17, 15) is 28.0 Å². The molecule has 12 heteroatoms. The van der Waals surface area contributed by atoms with Crippen molar-refractivity contribution >= 4 is 23.3 Å². The fraction of sp³-hybridized carbons (Fsp3) is 0.419. The summed E-state index contributed by atoms with van der Waals surface area (Å²) in [5.74, 6) is -0.803. The smallest absolute Gasteiger partial charge is 0.435 e. The number of amides is 2. The van der Waals surface area contributed by atoms with Gasteiger partial charge in [-0.1, -0.05) is 37.3 Å². The Bertz CT molecular complexity index is 1560. The van der Waals surface area contributed by atoms with E-state index in [0.29, 0.717) is 22.4 Å². The number of rotatable bonds is 7. The monoisotopic (exact) mass is 613 g/mol. The highest BCUT2D eigenvalue weighted by Gasteiger charge is 2.39. The van der Waals surface area contributed by atoms with Crippen molar-refractivity contribution in [3.63, 3.8) is 0 Å². The summed E-state index contributed by atoms with van der Waals surface area (Å²) in [5, 5.41) is 16.1. The Morgan fingerprint density at radius 2 is 1.93 bits per heavy atom. The van der Waals surface area contributed by atoms with E-state index in [1.54, 1.807) is 69.0 Å². The van der Waals surface area contributed by atoms with Gasteiger partial charge >= 0.3 is 12.3 Å². The number of thiophene rings is 1. The van der Waals surface area contributed by atoms with Crippen LogP contribution in [-0.2, 0) is 28.8 Å². The Morgan fingerprint density at radius 1 is 1.21 bits per heavy atom. The van der Waals surface area contributed by atoms with E-state index in [1.807, 2.05) is 6.92 Å². The lowest BCUT2D eigenvalue weighted by atomic mass is 9.83. The Morgan fingerprint density at radius 3 is 2.56 bits per heavy atom. The number of fused-ring (bicyclic) bond motifs is 1. The third kappa shape index (κ3) is 7.46. The number of halogens is 3. The number of nitrogens with one attached hydrogen (secondary N) is 1. The first-order valence-electron chi connectivity index (χ1n) is 14.0. The molecule has 0 spiro atoms. The first-order valence-corrected chi connectivity index (χ1v) is 14.8. The van der Waals surface area contributed by atoms with Crippen molar-refractivity contribution < 1.29 is 27.5 Å². The van der Waals surface area contributed by atoms with Crippen molar-refractivity contribution in [2.24, 2.45) is 0 Å². The molecule has 8 nitrogen and oxygen atoms in total. The van der Waals surface area contributed by atoms with Gasteiger partial charge in [-0.2, -0.15) is 23.5 Å². The third-order valence-corrected chi connectivity index (χ3v) is 8.01. The summed E-state index contributed by atoms with van der Waals surface area (Å²) in [6.45, 7) is 9.56. The maximum absolute atomic E-state index is 14.0. The molecule has 3 aromatic rings. The zero-order valence-electron chi connectivity index (χ0n) is 24.7. The third-order valence-electron chi connectivity index (χ3n) is 6.97. The zero-order chi connectivity index (χ0) is 31.5. The molecule has 0 radical (unpaired) electrons. The number of hydrogen-bond donors (Lipinski definition) is 1. The van der Waals surface area contributed by atoms with Crippen molar-refractivity contribution in [2.45, 2.75) is 77.9 Å². The zero-order valence-corrected chi connectivity index (χ0v) is 25.5. The van der Waals surface area contributed by atoms with E-state index in [1.165, 1.54) is 28.3 Å². The van der Waals surface area contributed by atoms with Crippen molar-refractivity contribution in [1.82, 2.24) is 20.0 Å². The predicted octanol–water partition coefficient (Wildman–Crippen LogP) is 6.86. The first-order chi connectivity index (χ1) is 20.2. The fourth-order valence-electron chi connectivity index (χ4n) is 4.99. The lowest BCUT2D eigenvalue weighted by molar-refractivity contribution is -0.141. The highest BCUT2D eigenvalue weighted by atomic mass is 32.1. The quantitative estimate of drug-likeness (QED) is 0.294. The standard InChI is InChI=1S/C31H34F3N5O3S/c1-6-19(36-29(41)42-30(3,4)5)12-13-27(40)38-16-24(23-14-20(15-35)43-26(23)18-38)21-10-8-9-11-22(21)25-17-39(7-2)37-28(25)31(32,33)34/h8-14,17,19,24H,6-7,16,18H2,1-5H3,(H,36,41)/b13-12+/t19?,24-/m0/s1. The molecule has 1 aliphatic rings. The van der Waals surface area contributed by atoms with Crippen LogP contribution in [0, 0.1) is 11.3 Å². The highest BCUT2D eigenvalue weighted by molar-refractivity contribution is 7.12. The van der Waals surface area contributed by atoms with Crippen LogP contribution in [0.1, 0.15) is 73.5 Å². The number of hydrogen-bond acceptors (Lipinski definition) is 6. The van der Waals surface area contributed by atoms with Gasteiger partial charge in [0.2, 0.25) is 5.91 Å². The molecule has 0 aliphatic carbocycles. The minimum atomic E-state index is -4.66. The molecule has 1 unspecified atom stereocenters. The van der Waals surface area contributed by atoms with Gasteiger partial charge in [0.15, 0.2) is 5.69 Å². The van der Waals surface area contributed by atoms with Gasteiger partial charge in [0.1, 0.15) is 16.5 Å². The number of nitriles is 1. The number of alkyl carbamates (subject to hydrolysis) is 1. The van der Waals surface area contributed by atoms with E-state index >= 15 is 0 Å². The van der Waals surface area contributed by atoms with Gasteiger partial charge in [-0.25, -0.2) is 4.79 Å². The molecule has 4 rings (SSSR count). The number of aryl methyl sites for hydroxylation is 1. The van der Waals surface area contributed by atoms with Gasteiger partial charge in [0.05, 0.1) is 12.6 Å². The molecule has 1 aromatic carbocycles. The van der Waals surface area contributed by atoms with Gasteiger partial charge in [-0.05, 0) is 56.9 Å². The summed E-state index contributed by atoms with van der Waals surface area (Å²) in [7, 11) is 0. The molecule has 0 fully saturated rings. The van der Waals surface area contributed by atoms with Crippen LogP contribution in [0.2, 0.25) is 0 Å². The Labute approximate surface area is 252 Å². The van der Waals surface area contributed by atoms with E-state index < -0.39 is 35.5 Å². The van der Waals surface area contributed by atoms with Crippen LogP contribution in [0.15, 0.2) is 48.7 Å². The Balaban J connectivity index is 1.68. The number of nitrogens with zero attached hydrogens (tertiary/aromatic N) is 4. The second-order valence-corrected chi connectivity index (χ2v) is 12.4. The number of alkyl halides is 3. The Hall–Kier alpha value is -4.11. The second kappa shape index (κ2) is 12.6. The molecule has 0 saturated carbocycles. The van der Waals surface area contributed by atoms with Crippen LogP contribution >= 0.6 is 11.3 Å². The van der Waals surface area contributed by atoms with Crippen LogP contribution in [0.25, 0.3) is 11.1 Å². The minimum Gasteiger partial charge on any atom is -0.444 e. The summed E-state index contributed by atoms with van der Waals surface area (Å²) in [6, 6.07) is 10.3. The van der Waals surface area contributed by atoms with Gasteiger partial charge in [0.25, 0.3) is 0 Å². The molecule has 228 valence electrons. The number of ether oxygens (including phenoxy) is 1. The number of aromatic nitrogens is 2. The number of carbonyl (C=O) groups is 2. The van der Waals surface area contributed by atoms with Crippen LogP contribution in [-0.4, -0.2) is 44.9 Å². The van der Waals surface area contributed by atoms with E-state index in [0.717, 1.165) is 10.4 Å². The molecule has 2 aromatic heterocycles. The summed E-state index contributed by atoms with van der Waals surface area (Å²) >= 11 is 1.27. The average molecular weight is 614 g/mol. The van der Waals surface area contributed by atoms with Crippen LogP contribution in [0.3, 0.4) is 0 Å². The second-order valence-electron chi connectivity index (χ2n) is 11.2. The van der Waals surface area contributed by atoms with Gasteiger partial charge in [-0.3, -0.25) is 9.48 Å². The van der Waals surface area contributed by atoms with Gasteiger partial charge in [0, 0.05) is 41.7 Å². The molecule has 2 atom stereocenters. The summed E-state index contributed by atoms with van der Waals surface area (Å²) in [4.78, 5) is 28.5. The molecule has 0 bridgehead atoms. The largest absolute Gasteiger partial charge is 0.444 e. The van der Waals surface area contributed by atoms with Crippen molar-refractivity contribution in [3.05, 3.63) is 75.3 Å². The molecular formula is C31H34F3N5O3S. The topological polar surface area (TPSA) is 100 Å². The first kappa shape index (κ1) is 31.8. The minimum absolute atomic E-state index is 0.0374. The molecule has 0 saturated heterocycles. The summed E-state index contributed by atoms with van der Waals surface area (Å²) < 4.78 is 48.7. The average Bonchev–Trinajstić information content (AvgIpc) is 3.58. The lowest BCUT2D eigenvalue weighted by Crippen LogP contribution is -2.39. The van der Waals surface area contributed by atoms with E-state index in [2.05, 4.69) is 16.5 Å². The molecule has 1 aliphatic heterocycles. The summed E-state index contributed by atoms with van der Waals surface area (Å²) in [5.41, 5.74) is 0.109. The van der Waals surface area contributed by atoms with E-state index in [-0.39, 0.29) is 31.1 Å². The lowest BCUT2D eigenvalue weighted by Gasteiger charge is -2.33. The highest BCUT2D eigenvalue weighted by Crippen LogP contribution is 2.44. The Kier molecular flexibility index (Phi) is 9.35. The van der Waals surface area contributed by atoms with E-state index in [4.69, 9.17) is 4.74 Å². The van der Waals surface area contributed by atoms with Gasteiger partial charge < -0.3 is 15.0 Å². The fourth-order valence-corrected chi connectivity index (χ4v) is 6.03. The molecular weight excluding hydrogens is 579 g/mol. The summed E-state index contributed by atoms with van der Waals surface area (Å²) in [6.07, 6.45) is -0.337. The van der Waals surface area contributed by atoms with Crippen LogP contribution < -0.4 is 5.32 Å². The van der Waals surface area contributed by atoms with Crippen molar-refractivity contribution in [1.29, 1.82) is 5.26 Å². The SMILES string of the molecule is CCC(/C=C/C(=O)N1Cc2sc(C#N)cc2[C@H](c2ccccc2-c2cn(CC)nc2C(F)(F)F)C1)NC(=O)OC(C)(C)C. The van der Waals surface area contributed by atoms with Crippen LogP contribution in [0.5, 0.6) is 0 Å². The number of benzene rings is 1. The number of carbonyl (C=O) groups excluding carboxylic acids is 2. The molecule has 3 heterocycles. The maximum Gasteiger partial charge on any atom is 0.435 e. The van der Waals surface area contributed by atoms with Crippen molar-refractivity contribution in [2.75, 3.05) is 6.54 Å². The van der Waals surface area contributed by atoms with Crippen molar-refractivity contribution in [3.8, 4) is 17.2 Å². The van der Waals surface area contributed by atoms with Gasteiger partial charge in [-0.15, -0.1) is 11.3 Å². The molecule has 43 heavy (non-hydrogen) atoms. The maximum atomic E-state index is 14.0. The van der Waals surface area contributed by atoms with Crippen LogP contribution in [0.4, 0.5) is 18.0 Å². The normalized spacial score (nSPS) is 16.1. The predicted molar refractivity (Wildman–Crippen MR) is 157 cm³/mol. The molecule has 1 N–H and O–H groups in total.